The topological polar surface area (TPSA) is 96.3 Å². The van der Waals surface area contributed by atoms with Crippen molar-refractivity contribution in [3.8, 4) is 0 Å². The van der Waals surface area contributed by atoms with Gasteiger partial charge in [-0.2, -0.15) is 4.98 Å². The largest absolute Gasteiger partial charge is 0.481 e. The van der Waals surface area contributed by atoms with Crippen LogP contribution in [0, 0.1) is 5.92 Å². The molecule has 1 atom stereocenters. The monoisotopic (exact) mass is 254 g/mol. The molecule has 90 valence electrons. The third kappa shape index (κ3) is 2.36. The van der Waals surface area contributed by atoms with Crippen molar-refractivity contribution < 1.29 is 14.7 Å². The standard InChI is InChI=1S/C9H10N4O3S/c1-17-9-11-4-10-8(12-9)13-3-5(7(15)16)2-6(13)14/h4-5H,2-3H2,1H3,(H,15,16). The smallest absolute Gasteiger partial charge is 0.308 e. The summed E-state index contributed by atoms with van der Waals surface area (Å²) in [6, 6.07) is 0. The quantitative estimate of drug-likeness (QED) is 0.760. The second kappa shape index (κ2) is 4.66. The van der Waals surface area contributed by atoms with E-state index in [2.05, 4.69) is 15.0 Å². The minimum atomic E-state index is -0.972. The molecule has 1 fully saturated rings. The second-order valence-corrected chi connectivity index (χ2v) is 4.29. The van der Waals surface area contributed by atoms with Gasteiger partial charge in [-0.3, -0.25) is 14.5 Å². The fraction of sp³-hybridized carbons (Fsp3) is 0.444. The number of hydrogen-bond acceptors (Lipinski definition) is 6. The summed E-state index contributed by atoms with van der Waals surface area (Å²) >= 11 is 1.33. The fourth-order valence-electron chi connectivity index (χ4n) is 1.57. The summed E-state index contributed by atoms with van der Waals surface area (Å²) in [4.78, 5) is 35.6. The Morgan fingerprint density at radius 2 is 2.35 bits per heavy atom. The summed E-state index contributed by atoms with van der Waals surface area (Å²) in [5, 5.41) is 9.36. The highest BCUT2D eigenvalue weighted by Crippen LogP contribution is 2.22. The molecular formula is C9H10N4O3S. The van der Waals surface area contributed by atoms with Crippen LogP contribution in [-0.2, 0) is 9.59 Å². The molecule has 0 aromatic carbocycles. The number of nitrogens with zero attached hydrogens (tertiary/aromatic N) is 4. The lowest BCUT2D eigenvalue weighted by molar-refractivity contribution is -0.141. The van der Waals surface area contributed by atoms with Crippen LogP contribution in [0.25, 0.3) is 0 Å². The molecule has 1 aliphatic heterocycles. The zero-order chi connectivity index (χ0) is 12.4. The Morgan fingerprint density at radius 1 is 1.59 bits per heavy atom. The molecule has 17 heavy (non-hydrogen) atoms. The second-order valence-electron chi connectivity index (χ2n) is 3.52. The van der Waals surface area contributed by atoms with Crippen LogP contribution in [0.15, 0.2) is 11.5 Å². The number of carboxylic acid groups (broad SMARTS) is 1. The van der Waals surface area contributed by atoms with Crippen molar-refractivity contribution in [2.45, 2.75) is 11.6 Å². The Kier molecular flexibility index (Phi) is 3.23. The number of aliphatic carboxylic acids is 1. The van der Waals surface area contributed by atoms with Gasteiger partial charge >= 0.3 is 5.97 Å². The molecule has 2 heterocycles. The number of anilines is 1. The number of rotatable bonds is 3. The van der Waals surface area contributed by atoms with Gasteiger partial charge < -0.3 is 5.11 Å². The van der Waals surface area contributed by atoms with Crippen LogP contribution >= 0.6 is 11.8 Å². The van der Waals surface area contributed by atoms with Gasteiger partial charge in [0.15, 0.2) is 5.16 Å². The molecule has 1 saturated heterocycles. The van der Waals surface area contributed by atoms with E-state index in [1.165, 1.54) is 23.0 Å². The van der Waals surface area contributed by atoms with Gasteiger partial charge in [0.05, 0.1) is 5.92 Å². The van der Waals surface area contributed by atoms with Crippen LogP contribution in [0.3, 0.4) is 0 Å². The number of carbonyl (C=O) groups excluding carboxylic acids is 1. The predicted octanol–water partition coefficient (Wildman–Crippen LogP) is 0.0310. The first-order chi connectivity index (χ1) is 8.11. The van der Waals surface area contributed by atoms with Crippen LogP contribution < -0.4 is 4.90 Å². The minimum Gasteiger partial charge on any atom is -0.481 e. The molecule has 7 nitrogen and oxygen atoms in total. The van der Waals surface area contributed by atoms with Crippen LogP contribution in [0.2, 0.25) is 0 Å². The molecule has 0 bridgehead atoms. The molecule has 0 saturated carbocycles. The van der Waals surface area contributed by atoms with E-state index in [-0.39, 0.29) is 24.8 Å². The molecule has 8 heteroatoms. The van der Waals surface area contributed by atoms with Gasteiger partial charge in [-0.05, 0) is 6.26 Å². The lowest BCUT2D eigenvalue weighted by Gasteiger charge is -2.13. The van der Waals surface area contributed by atoms with Crippen LogP contribution in [0.4, 0.5) is 5.95 Å². The number of carbonyl (C=O) groups is 2. The Bertz CT molecular complexity index is 467. The fourth-order valence-corrected chi connectivity index (χ4v) is 1.89. The Morgan fingerprint density at radius 3 is 2.94 bits per heavy atom. The van der Waals surface area contributed by atoms with Crippen LogP contribution in [-0.4, -0.2) is 44.7 Å². The Labute approximate surface area is 101 Å². The van der Waals surface area contributed by atoms with Crippen molar-refractivity contribution in [1.29, 1.82) is 0 Å². The lowest BCUT2D eigenvalue weighted by atomic mass is 10.1. The molecule has 1 aliphatic rings. The van der Waals surface area contributed by atoms with Gasteiger partial charge in [-0.1, -0.05) is 11.8 Å². The molecule has 2 rings (SSSR count). The lowest BCUT2D eigenvalue weighted by Crippen LogP contribution is -2.27. The molecule has 0 spiro atoms. The van der Waals surface area contributed by atoms with Crippen LogP contribution in [0.1, 0.15) is 6.42 Å². The Balaban J connectivity index is 2.22. The van der Waals surface area contributed by atoms with E-state index in [4.69, 9.17) is 5.11 Å². The van der Waals surface area contributed by atoms with E-state index < -0.39 is 11.9 Å². The summed E-state index contributed by atoms with van der Waals surface area (Å²) in [5.74, 6) is -1.70. The molecule has 1 aromatic rings. The zero-order valence-electron chi connectivity index (χ0n) is 9.03. The summed E-state index contributed by atoms with van der Waals surface area (Å²) in [7, 11) is 0. The van der Waals surface area contributed by atoms with E-state index >= 15 is 0 Å². The predicted molar refractivity (Wildman–Crippen MR) is 59.7 cm³/mol. The molecule has 1 amide bonds. The summed E-state index contributed by atoms with van der Waals surface area (Å²) < 4.78 is 0. The zero-order valence-corrected chi connectivity index (χ0v) is 9.85. The highest BCUT2D eigenvalue weighted by molar-refractivity contribution is 7.98. The number of aromatic nitrogens is 3. The van der Waals surface area contributed by atoms with Crippen molar-refractivity contribution in [3.05, 3.63) is 6.33 Å². The summed E-state index contributed by atoms with van der Waals surface area (Å²) in [5.41, 5.74) is 0. The van der Waals surface area contributed by atoms with Crippen molar-refractivity contribution in [2.75, 3.05) is 17.7 Å². The molecule has 1 N–H and O–H groups in total. The first-order valence-electron chi connectivity index (χ1n) is 4.88. The normalized spacial score (nSPS) is 19.7. The molecule has 0 radical (unpaired) electrons. The van der Waals surface area contributed by atoms with Gasteiger partial charge in [-0.15, -0.1) is 0 Å². The third-order valence-electron chi connectivity index (χ3n) is 2.44. The van der Waals surface area contributed by atoms with Crippen LogP contribution in [0.5, 0.6) is 0 Å². The van der Waals surface area contributed by atoms with Crippen molar-refractivity contribution in [1.82, 2.24) is 15.0 Å². The maximum absolute atomic E-state index is 11.6. The first-order valence-corrected chi connectivity index (χ1v) is 6.10. The average Bonchev–Trinajstić information content (AvgIpc) is 2.72. The van der Waals surface area contributed by atoms with Crippen molar-refractivity contribution >= 4 is 29.6 Å². The summed E-state index contributed by atoms with van der Waals surface area (Å²) in [6.07, 6.45) is 3.12. The summed E-state index contributed by atoms with van der Waals surface area (Å²) in [6.45, 7) is 0.117. The first kappa shape index (κ1) is 11.8. The SMILES string of the molecule is CSc1ncnc(N2CC(C(=O)O)CC2=O)n1. The van der Waals surface area contributed by atoms with E-state index in [0.29, 0.717) is 5.16 Å². The number of thioether (sulfide) groups is 1. The van der Waals surface area contributed by atoms with Gasteiger partial charge in [0.25, 0.3) is 0 Å². The molecule has 1 unspecified atom stereocenters. The third-order valence-corrected chi connectivity index (χ3v) is 3.00. The van der Waals surface area contributed by atoms with Gasteiger partial charge in [0, 0.05) is 13.0 Å². The van der Waals surface area contributed by atoms with Crippen molar-refractivity contribution in [3.63, 3.8) is 0 Å². The van der Waals surface area contributed by atoms with Crippen molar-refractivity contribution in [2.24, 2.45) is 5.92 Å². The highest BCUT2D eigenvalue weighted by Gasteiger charge is 2.36. The number of carboxylic acids is 1. The molecular weight excluding hydrogens is 244 g/mol. The van der Waals surface area contributed by atoms with E-state index in [0.717, 1.165) is 0 Å². The van der Waals surface area contributed by atoms with E-state index in [1.54, 1.807) is 0 Å². The Hall–Kier alpha value is -1.70. The minimum absolute atomic E-state index is 0.00435. The number of hydrogen-bond donors (Lipinski definition) is 1. The van der Waals surface area contributed by atoms with E-state index in [9.17, 15) is 9.59 Å². The average molecular weight is 254 g/mol. The maximum atomic E-state index is 11.6. The highest BCUT2D eigenvalue weighted by atomic mass is 32.2. The molecule has 1 aromatic heterocycles. The maximum Gasteiger partial charge on any atom is 0.308 e. The number of amides is 1. The van der Waals surface area contributed by atoms with Gasteiger partial charge in [-0.25, -0.2) is 9.97 Å². The molecule has 0 aliphatic carbocycles. The van der Waals surface area contributed by atoms with E-state index in [1.807, 2.05) is 6.26 Å². The van der Waals surface area contributed by atoms with Gasteiger partial charge in [0.2, 0.25) is 11.9 Å². The van der Waals surface area contributed by atoms with Gasteiger partial charge in [0.1, 0.15) is 6.33 Å².